The van der Waals surface area contributed by atoms with Crippen LogP contribution < -0.4 is 5.32 Å². The highest BCUT2D eigenvalue weighted by Crippen LogP contribution is 2.08. The molecule has 0 bridgehead atoms. The fraction of sp³-hybridized carbons (Fsp3) is 0.562. The molecule has 0 aliphatic rings. The maximum atomic E-state index is 11.8. The molecule has 0 aliphatic carbocycles. The lowest BCUT2D eigenvalue weighted by molar-refractivity contribution is -0.121. The molecular weight excluding hydrogens is 238 g/mol. The maximum Gasteiger partial charge on any atom is 0.224 e. The van der Waals surface area contributed by atoms with Crippen LogP contribution in [0.5, 0.6) is 0 Å². The number of rotatable bonds is 8. The molecule has 0 radical (unpaired) electrons. The number of amides is 1. The number of unbranched alkanes of at least 4 members (excludes halogenated alkanes) is 1. The molecule has 3 heteroatoms. The summed E-state index contributed by atoms with van der Waals surface area (Å²) in [5.74, 6) is 0.0471. The van der Waals surface area contributed by atoms with E-state index in [0.717, 1.165) is 12.0 Å². The Labute approximate surface area is 116 Å². The van der Waals surface area contributed by atoms with Gasteiger partial charge in [-0.2, -0.15) is 0 Å². The van der Waals surface area contributed by atoms with Gasteiger partial charge < -0.3 is 10.1 Å². The monoisotopic (exact) mass is 263 g/mol. The highest BCUT2D eigenvalue weighted by molar-refractivity contribution is 5.78. The molecule has 3 nitrogen and oxygen atoms in total. The van der Waals surface area contributed by atoms with Crippen LogP contribution >= 0.6 is 0 Å². The molecule has 19 heavy (non-hydrogen) atoms. The zero-order valence-electron chi connectivity index (χ0n) is 12.2. The Balaban J connectivity index is 2.42. The predicted molar refractivity (Wildman–Crippen MR) is 78.2 cm³/mol. The first-order valence-corrected chi connectivity index (χ1v) is 7.01. The van der Waals surface area contributed by atoms with Gasteiger partial charge in [0.15, 0.2) is 0 Å². The van der Waals surface area contributed by atoms with Crippen LogP contribution in [-0.2, 0) is 22.4 Å². The van der Waals surface area contributed by atoms with Crippen LogP contribution in [0.25, 0.3) is 0 Å². The fourth-order valence-corrected chi connectivity index (χ4v) is 2.01. The van der Waals surface area contributed by atoms with Crippen molar-refractivity contribution in [2.24, 2.45) is 0 Å². The summed E-state index contributed by atoms with van der Waals surface area (Å²) in [6.45, 7) is 4.68. The Hall–Kier alpha value is -1.35. The van der Waals surface area contributed by atoms with Crippen molar-refractivity contribution in [2.45, 2.75) is 45.6 Å². The quantitative estimate of drug-likeness (QED) is 0.783. The Morgan fingerprint density at radius 2 is 1.89 bits per heavy atom. The second-order valence-electron chi connectivity index (χ2n) is 5.02. The molecule has 1 N–H and O–H groups in total. The third-order valence-corrected chi connectivity index (χ3v) is 3.03. The third kappa shape index (κ3) is 6.39. The molecule has 0 aromatic heterocycles. The number of hydrogen-bond acceptors (Lipinski definition) is 2. The van der Waals surface area contributed by atoms with E-state index in [0.29, 0.717) is 13.0 Å². The lowest BCUT2D eigenvalue weighted by Gasteiger charge is -2.12. The predicted octanol–water partition coefficient (Wildman–Crippen LogP) is 2.72. The molecule has 1 aromatic rings. The van der Waals surface area contributed by atoms with Crippen molar-refractivity contribution in [3.63, 3.8) is 0 Å². The number of hydrogen-bond donors (Lipinski definition) is 1. The van der Waals surface area contributed by atoms with Gasteiger partial charge in [0.25, 0.3) is 0 Å². The summed E-state index contributed by atoms with van der Waals surface area (Å²) in [5, 5.41) is 2.91. The molecule has 1 unspecified atom stereocenters. The Morgan fingerprint density at radius 3 is 2.47 bits per heavy atom. The molecule has 0 spiro atoms. The van der Waals surface area contributed by atoms with Gasteiger partial charge in [-0.3, -0.25) is 4.79 Å². The van der Waals surface area contributed by atoms with Gasteiger partial charge in [-0.1, -0.05) is 37.6 Å². The summed E-state index contributed by atoms with van der Waals surface area (Å²) in [6, 6.07) is 8.39. The van der Waals surface area contributed by atoms with Crippen LogP contribution in [0.3, 0.4) is 0 Å². The zero-order chi connectivity index (χ0) is 14.1. The molecule has 0 aliphatic heterocycles. The molecule has 0 saturated heterocycles. The number of methoxy groups -OCH3 is 1. The first kappa shape index (κ1) is 15.7. The molecule has 0 fully saturated rings. The summed E-state index contributed by atoms with van der Waals surface area (Å²) < 4.78 is 4.99. The Bertz CT molecular complexity index is 373. The van der Waals surface area contributed by atoms with E-state index >= 15 is 0 Å². The fourth-order valence-electron chi connectivity index (χ4n) is 2.01. The van der Waals surface area contributed by atoms with Gasteiger partial charge in [-0.15, -0.1) is 0 Å². The summed E-state index contributed by atoms with van der Waals surface area (Å²) in [6.07, 6.45) is 3.98. The van der Waals surface area contributed by atoms with Crippen LogP contribution in [0.4, 0.5) is 0 Å². The number of aryl methyl sites for hydroxylation is 1. The first-order valence-electron chi connectivity index (χ1n) is 7.01. The molecule has 1 aromatic carbocycles. The molecule has 1 rings (SSSR count). The van der Waals surface area contributed by atoms with Gasteiger partial charge in [0.05, 0.1) is 13.0 Å². The molecule has 106 valence electrons. The van der Waals surface area contributed by atoms with Crippen LogP contribution in [0, 0.1) is 0 Å². The van der Waals surface area contributed by atoms with Gasteiger partial charge in [0.1, 0.15) is 0 Å². The maximum absolute atomic E-state index is 11.8. The highest BCUT2D eigenvalue weighted by Gasteiger charge is 2.07. The van der Waals surface area contributed by atoms with Crippen LogP contribution in [-0.4, -0.2) is 25.7 Å². The van der Waals surface area contributed by atoms with E-state index in [-0.39, 0.29) is 11.9 Å². The standard InChI is InChI=1S/C16H25NO2/c1-4-5-6-14-7-9-15(10-8-14)11-16(18)17-13(2)12-19-3/h7-10,13H,4-6,11-12H2,1-3H3,(H,17,18). The third-order valence-electron chi connectivity index (χ3n) is 3.03. The van der Waals surface area contributed by atoms with Crippen LogP contribution in [0.1, 0.15) is 37.8 Å². The minimum atomic E-state index is 0.0471. The minimum Gasteiger partial charge on any atom is -0.383 e. The average Bonchev–Trinajstić information content (AvgIpc) is 2.38. The van der Waals surface area contributed by atoms with E-state index < -0.39 is 0 Å². The summed E-state index contributed by atoms with van der Waals surface area (Å²) in [5.41, 5.74) is 2.40. The number of ether oxygens (including phenoxy) is 1. The first-order chi connectivity index (χ1) is 9.15. The highest BCUT2D eigenvalue weighted by atomic mass is 16.5. The molecule has 1 atom stereocenters. The number of carbonyl (C=O) groups is 1. The van der Waals surface area contributed by atoms with Crippen molar-refractivity contribution in [3.8, 4) is 0 Å². The summed E-state index contributed by atoms with van der Waals surface area (Å²) in [4.78, 5) is 11.8. The van der Waals surface area contributed by atoms with Crippen molar-refractivity contribution in [1.29, 1.82) is 0 Å². The van der Waals surface area contributed by atoms with Gasteiger partial charge >= 0.3 is 0 Å². The van der Waals surface area contributed by atoms with Gasteiger partial charge in [-0.25, -0.2) is 0 Å². The second kappa shape index (κ2) is 8.70. The summed E-state index contributed by atoms with van der Waals surface area (Å²) in [7, 11) is 1.64. The lowest BCUT2D eigenvalue weighted by Crippen LogP contribution is -2.36. The van der Waals surface area contributed by atoms with Gasteiger partial charge in [-0.05, 0) is 30.9 Å². The van der Waals surface area contributed by atoms with Gasteiger partial charge in [0.2, 0.25) is 5.91 Å². The van der Waals surface area contributed by atoms with Crippen molar-refractivity contribution < 1.29 is 9.53 Å². The average molecular weight is 263 g/mol. The second-order valence-corrected chi connectivity index (χ2v) is 5.02. The topological polar surface area (TPSA) is 38.3 Å². The Morgan fingerprint density at radius 1 is 1.26 bits per heavy atom. The molecule has 1 amide bonds. The lowest BCUT2D eigenvalue weighted by atomic mass is 10.0. The van der Waals surface area contributed by atoms with E-state index in [9.17, 15) is 4.79 Å². The molecular formula is C16H25NO2. The SMILES string of the molecule is CCCCc1ccc(CC(=O)NC(C)COC)cc1. The van der Waals surface area contributed by atoms with Crippen LogP contribution in [0.15, 0.2) is 24.3 Å². The van der Waals surface area contributed by atoms with E-state index in [1.165, 1.54) is 18.4 Å². The minimum absolute atomic E-state index is 0.0471. The largest absolute Gasteiger partial charge is 0.383 e. The summed E-state index contributed by atoms with van der Waals surface area (Å²) >= 11 is 0. The van der Waals surface area contributed by atoms with Crippen molar-refractivity contribution in [1.82, 2.24) is 5.32 Å². The van der Waals surface area contributed by atoms with Crippen molar-refractivity contribution in [3.05, 3.63) is 35.4 Å². The number of carbonyl (C=O) groups excluding carboxylic acids is 1. The van der Waals surface area contributed by atoms with E-state index in [4.69, 9.17) is 4.74 Å². The van der Waals surface area contributed by atoms with E-state index in [2.05, 4.69) is 24.4 Å². The van der Waals surface area contributed by atoms with E-state index in [1.807, 2.05) is 19.1 Å². The van der Waals surface area contributed by atoms with Crippen molar-refractivity contribution >= 4 is 5.91 Å². The van der Waals surface area contributed by atoms with Crippen molar-refractivity contribution in [2.75, 3.05) is 13.7 Å². The van der Waals surface area contributed by atoms with Gasteiger partial charge in [0, 0.05) is 13.2 Å². The zero-order valence-corrected chi connectivity index (χ0v) is 12.2. The number of benzene rings is 1. The smallest absolute Gasteiger partial charge is 0.224 e. The Kier molecular flexibility index (Phi) is 7.19. The normalized spacial score (nSPS) is 12.2. The number of nitrogens with one attached hydrogen (secondary N) is 1. The molecule has 0 heterocycles. The van der Waals surface area contributed by atoms with E-state index in [1.54, 1.807) is 7.11 Å². The molecule has 0 saturated carbocycles. The van der Waals surface area contributed by atoms with Crippen LogP contribution in [0.2, 0.25) is 0 Å².